The number of carboxylic acids is 1. The Hall–Kier alpha value is -2.65. The number of nitrogens with zero attached hydrogens (tertiary/aromatic N) is 2. The molecule has 0 fully saturated rings. The van der Waals surface area contributed by atoms with Gasteiger partial charge in [-0.15, -0.1) is 0 Å². The summed E-state index contributed by atoms with van der Waals surface area (Å²) in [5.74, 6) is -1.12. The Bertz CT molecular complexity index is 1030. The van der Waals surface area contributed by atoms with Crippen LogP contribution in [0.3, 0.4) is 0 Å². The first kappa shape index (κ1) is 17.2. The van der Waals surface area contributed by atoms with Crippen LogP contribution in [0.4, 0.5) is 5.69 Å². The predicted molar refractivity (Wildman–Crippen MR) is 95.5 cm³/mol. The van der Waals surface area contributed by atoms with Gasteiger partial charge in [-0.05, 0) is 52.3 Å². The Morgan fingerprint density at radius 2 is 1.80 bits per heavy atom. The van der Waals surface area contributed by atoms with Gasteiger partial charge in [0.05, 0.1) is 32.5 Å². The summed E-state index contributed by atoms with van der Waals surface area (Å²) in [7, 11) is -3.88. The van der Waals surface area contributed by atoms with Crippen LogP contribution < -0.4 is 4.72 Å². The van der Waals surface area contributed by atoms with Crippen molar-refractivity contribution in [3.05, 3.63) is 71.0 Å². The molecule has 3 rings (SSSR count). The fourth-order valence-electron chi connectivity index (χ4n) is 2.17. The van der Waals surface area contributed by atoms with E-state index in [9.17, 15) is 13.2 Å². The number of carboxylic acid groups (broad SMARTS) is 1. The first-order valence-electron chi connectivity index (χ1n) is 7.02. The quantitative estimate of drug-likeness (QED) is 0.658. The van der Waals surface area contributed by atoms with Crippen molar-refractivity contribution in [2.24, 2.45) is 0 Å². The number of aromatic carboxylic acids is 1. The smallest absolute Gasteiger partial charge is 0.335 e. The van der Waals surface area contributed by atoms with Crippen molar-refractivity contribution < 1.29 is 18.3 Å². The minimum atomic E-state index is -3.88. The Labute approximate surface area is 152 Å². The second kappa shape index (κ2) is 6.69. The van der Waals surface area contributed by atoms with Crippen LogP contribution >= 0.6 is 15.9 Å². The molecule has 2 aromatic carbocycles. The molecule has 9 heteroatoms. The second-order valence-electron chi connectivity index (χ2n) is 5.06. The van der Waals surface area contributed by atoms with E-state index in [1.165, 1.54) is 28.9 Å². The zero-order chi connectivity index (χ0) is 18.0. The van der Waals surface area contributed by atoms with Gasteiger partial charge in [0.25, 0.3) is 10.0 Å². The summed E-state index contributed by atoms with van der Waals surface area (Å²) < 4.78 is 30.0. The average molecular weight is 422 g/mol. The fourth-order valence-corrected chi connectivity index (χ4v) is 3.53. The Kier molecular flexibility index (Phi) is 4.60. The molecule has 0 aliphatic rings. The molecule has 0 atom stereocenters. The van der Waals surface area contributed by atoms with E-state index in [0.717, 1.165) is 4.47 Å². The highest BCUT2D eigenvalue weighted by molar-refractivity contribution is 9.10. The maximum absolute atomic E-state index is 12.6. The van der Waals surface area contributed by atoms with Gasteiger partial charge in [0.2, 0.25) is 0 Å². The van der Waals surface area contributed by atoms with Gasteiger partial charge < -0.3 is 5.11 Å². The molecule has 0 aliphatic heterocycles. The molecule has 128 valence electrons. The van der Waals surface area contributed by atoms with Crippen LogP contribution in [0.15, 0.2) is 70.3 Å². The average Bonchev–Trinajstić information content (AvgIpc) is 3.01. The molecular weight excluding hydrogens is 410 g/mol. The molecular formula is C16H12BrN3O4S. The molecule has 0 saturated heterocycles. The van der Waals surface area contributed by atoms with E-state index >= 15 is 0 Å². The molecule has 2 N–H and O–H groups in total. The molecule has 3 aromatic rings. The normalized spacial score (nSPS) is 11.2. The molecule has 25 heavy (non-hydrogen) atoms. The third-order valence-electron chi connectivity index (χ3n) is 3.36. The first-order valence-corrected chi connectivity index (χ1v) is 9.30. The number of rotatable bonds is 5. The Morgan fingerprint density at radius 3 is 2.40 bits per heavy atom. The van der Waals surface area contributed by atoms with Crippen LogP contribution in [0.1, 0.15) is 10.4 Å². The lowest BCUT2D eigenvalue weighted by Crippen LogP contribution is -2.15. The van der Waals surface area contributed by atoms with Crippen LogP contribution in [0.25, 0.3) is 5.69 Å². The number of para-hydroxylation sites is 2. The van der Waals surface area contributed by atoms with Gasteiger partial charge in [-0.1, -0.05) is 12.1 Å². The molecule has 1 aromatic heterocycles. The van der Waals surface area contributed by atoms with Crippen LogP contribution in [-0.2, 0) is 10.0 Å². The summed E-state index contributed by atoms with van der Waals surface area (Å²) in [4.78, 5) is 10.8. The lowest BCUT2D eigenvalue weighted by Gasteiger charge is -2.12. The van der Waals surface area contributed by atoms with Crippen LogP contribution in [0, 0.1) is 0 Å². The van der Waals surface area contributed by atoms with Gasteiger partial charge in [0, 0.05) is 6.20 Å². The van der Waals surface area contributed by atoms with Crippen molar-refractivity contribution >= 4 is 37.6 Å². The summed E-state index contributed by atoms with van der Waals surface area (Å²) in [6.45, 7) is 0. The third-order valence-corrected chi connectivity index (χ3v) is 5.15. The molecule has 0 amide bonds. The molecule has 7 nitrogen and oxygen atoms in total. The van der Waals surface area contributed by atoms with E-state index < -0.39 is 16.0 Å². The van der Waals surface area contributed by atoms with Gasteiger partial charge >= 0.3 is 5.97 Å². The Balaban J connectivity index is 1.95. The van der Waals surface area contributed by atoms with Crippen molar-refractivity contribution in [2.75, 3.05) is 4.72 Å². The lowest BCUT2D eigenvalue weighted by molar-refractivity contribution is 0.0696. The molecule has 0 radical (unpaired) electrons. The lowest BCUT2D eigenvalue weighted by atomic mass is 10.2. The van der Waals surface area contributed by atoms with E-state index in [1.807, 2.05) is 0 Å². The van der Waals surface area contributed by atoms with Crippen molar-refractivity contribution in [3.8, 4) is 5.69 Å². The van der Waals surface area contributed by atoms with Crippen molar-refractivity contribution in [1.82, 2.24) is 9.78 Å². The first-order chi connectivity index (χ1) is 11.9. The van der Waals surface area contributed by atoms with Crippen molar-refractivity contribution in [3.63, 3.8) is 0 Å². The predicted octanol–water partition coefficient (Wildman–Crippen LogP) is 3.13. The SMILES string of the molecule is O=C(O)c1ccc(S(=O)(=O)Nc2ccccc2-n2cc(Br)cn2)cc1. The van der Waals surface area contributed by atoms with Gasteiger partial charge in [0.1, 0.15) is 0 Å². The van der Waals surface area contributed by atoms with Gasteiger partial charge in [-0.3, -0.25) is 4.72 Å². The van der Waals surface area contributed by atoms with Crippen LogP contribution in [0.5, 0.6) is 0 Å². The molecule has 1 heterocycles. The van der Waals surface area contributed by atoms with Gasteiger partial charge in [-0.2, -0.15) is 5.10 Å². The Morgan fingerprint density at radius 1 is 1.12 bits per heavy atom. The summed E-state index contributed by atoms with van der Waals surface area (Å²) in [5.41, 5.74) is 0.917. The van der Waals surface area contributed by atoms with E-state index in [2.05, 4.69) is 25.8 Å². The number of hydrogen-bond acceptors (Lipinski definition) is 4. The molecule has 0 bridgehead atoms. The van der Waals surface area contributed by atoms with E-state index in [4.69, 9.17) is 5.11 Å². The van der Waals surface area contributed by atoms with Crippen molar-refractivity contribution in [2.45, 2.75) is 4.90 Å². The second-order valence-corrected chi connectivity index (χ2v) is 7.65. The van der Waals surface area contributed by atoms with Crippen LogP contribution in [-0.4, -0.2) is 29.3 Å². The molecule has 0 aliphatic carbocycles. The maximum atomic E-state index is 12.6. The molecule has 0 unspecified atom stereocenters. The summed E-state index contributed by atoms with van der Waals surface area (Å²) in [5, 5.41) is 13.0. The topological polar surface area (TPSA) is 101 Å². The fraction of sp³-hybridized carbons (Fsp3) is 0. The number of anilines is 1. The number of sulfonamides is 1. The highest BCUT2D eigenvalue weighted by Gasteiger charge is 2.17. The monoisotopic (exact) mass is 421 g/mol. The van der Waals surface area contributed by atoms with E-state index in [0.29, 0.717) is 11.4 Å². The summed E-state index contributed by atoms with van der Waals surface area (Å²) in [6.07, 6.45) is 3.30. The highest BCUT2D eigenvalue weighted by atomic mass is 79.9. The third kappa shape index (κ3) is 3.72. The summed E-state index contributed by atoms with van der Waals surface area (Å²) in [6, 6.07) is 11.8. The maximum Gasteiger partial charge on any atom is 0.335 e. The zero-order valence-electron chi connectivity index (χ0n) is 12.6. The number of nitrogens with one attached hydrogen (secondary N) is 1. The minimum Gasteiger partial charge on any atom is -0.478 e. The van der Waals surface area contributed by atoms with Crippen molar-refractivity contribution in [1.29, 1.82) is 0 Å². The molecule has 0 saturated carbocycles. The van der Waals surface area contributed by atoms with E-state index in [-0.39, 0.29) is 10.5 Å². The van der Waals surface area contributed by atoms with Crippen LogP contribution in [0.2, 0.25) is 0 Å². The number of hydrogen-bond donors (Lipinski definition) is 2. The highest BCUT2D eigenvalue weighted by Crippen LogP contribution is 2.24. The largest absolute Gasteiger partial charge is 0.478 e. The number of carbonyl (C=O) groups is 1. The van der Waals surface area contributed by atoms with E-state index in [1.54, 1.807) is 36.7 Å². The zero-order valence-corrected chi connectivity index (χ0v) is 15.0. The number of halogens is 1. The standard InChI is InChI=1S/C16H12BrN3O4S/c17-12-9-18-20(10-12)15-4-2-1-3-14(15)19-25(23,24)13-7-5-11(6-8-13)16(21)22/h1-10,19H,(H,21,22). The number of benzene rings is 2. The summed E-state index contributed by atoms with van der Waals surface area (Å²) >= 11 is 3.30. The van der Waals surface area contributed by atoms with Gasteiger partial charge in [0.15, 0.2) is 0 Å². The number of aromatic nitrogens is 2. The minimum absolute atomic E-state index is 0.0146. The molecule has 0 spiro atoms. The van der Waals surface area contributed by atoms with Gasteiger partial charge in [-0.25, -0.2) is 17.9 Å².